The topological polar surface area (TPSA) is 62.0 Å². The van der Waals surface area contributed by atoms with E-state index in [1.807, 2.05) is 32.1 Å². The summed E-state index contributed by atoms with van der Waals surface area (Å²) in [5.74, 6) is 0.0563. The molecule has 5 heteroatoms. The number of pyridine rings is 1. The van der Waals surface area contributed by atoms with Gasteiger partial charge in [0, 0.05) is 23.7 Å². The summed E-state index contributed by atoms with van der Waals surface area (Å²) in [7, 11) is 0. The van der Waals surface area contributed by atoms with Crippen LogP contribution in [0, 0.1) is 13.8 Å². The van der Waals surface area contributed by atoms with Crippen molar-refractivity contribution in [2.75, 3.05) is 0 Å². The van der Waals surface area contributed by atoms with Gasteiger partial charge in [-0.2, -0.15) is 0 Å². The molecule has 2 aromatic rings. The Morgan fingerprint density at radius 2 is 2.00 bits per heavy atom. The van der Waals surface area contributed by atoms with E-state index in [4.69, 9.17) is 11.6 Å². The molecule has 2 N–H and O–H groups in total. The number of aromatic amines is 1. The van der Waals surface area contributed by atoms with E-state index in [0.717, 1.165) is 23.1 Å². The van der Waals surface area contributed by atoms with Crippen LogP contribution in [-0.2, 0) is 4.79 Å². The van der Waals surface area contributed by atoms with Crippen LogP contribution in [0.25, 0.3) is 5.57 Å². The molecule has 1 fully saturated rings. The lowest BCUT2D eigenvalue weighted by Gasteiger charge is -2.15. The average Bonchev–Trinajstić information content (AvgIpc) is 2.94. The Morgan fingerprint density at radius 1 is 1.21 bits per heavy atom. The van der Waals surface area contributed by atoms with E-state index < -0.39 is 0 Å². The summed E-state index contributed by atoms with van der Waals surface area (Å²) in [4.78, 5) is 26.3. The summed E-state index contributed by atoms with van der Waals surface area (Å²) in [6.07, 6.45) is 3.30. The van der Waals surface area contributed by atoms with E-state index in [1.165, 1.54) is 5.56 Å². The molecule has 1 atom stereocenters. The molecular weight excluding hydrogens is 324 g/mol. The first-order valence-electron chi connectivity index (χ1n) is 7.92. The highest BCUT2D eigenvalue weighted by Crippen LogP contribution is 2.27. The zero-order chi connectivity index (χ0) is 17.3. The number of aryl methyl sites for hydroxylation is 2. The molecule has 1 aliphatic rings. The Morgan fingerprint density at radius 3 is 2.62 bits per heavy atom. The van der Waals surface area contributed by atoms with Gasteiger partial charge in [0.2, 0.25) is 5.91 Å². The number of carbonyl (C=O) groups excluding carboxylic acids is 1. The highest BCUT2D eigenvalue weighted by molar-refractivity contribution is 6.30. The van der Waals surface area contributed by atoms with Gasteiger partial charge < -0.3 is 10.3 Å². The van der Waals surface area contributed by atoms with E-state index in [-0.39, 0.29) is 22.5 Å². The Kier molecular flexibility index (Phi) is 4.58. The van der Waals surface area contributed by atoms with Crippen LogP contribution in [0.4, 0.5) is 0 Å². The number of H-pyrrole nitrogens is 1. The molecule has 0 unspecified atom stereocenters. The van der Waals surface area contributed by atoms with Crippen LogP contribution < -0.4 is 10.9 Å². The van der Waals surface area contributed by atoms with Crippen molar-refractivity contribution in [1.82, 2.24) is 10.3 Å². The third kappa shape index (κ3) is 3.44. The summed E-state index contributed by atoms with van der Waals surface area (Å²) in [5.41, 5.74) is 4.58. The number of aromatic nitrogens is 1. The average molecular weight is 343 g/mol. The lowest BCUT2D eigenvalue weighted by molar-refractivity contribution is -0.119. The second kappa shape index (κ2) is 6.65. The fraction of sp³-hybridized carbons (Fsp3) is 0.263. The quantitative estimate of drug-likeness (QED) is 0.898. The molecule has 0 saturated carbocycles. The maximum atomic E-state index is 11.9. The standard InChI is InChI=1S/C19H19ClN2O2/c1-11-3-5-14(12(2)9-11)15(10-13-4-8-18(23)21-13)17-7-6-16(20)19(24)22-17/h3,5-7,9-10,13H,4,8H2,1-2H3,(H,21,23)(H,22,24)/b15-10+/t13-/m1/s1. The monoisotopic (exact) mass is 342 g/mol. The summed E-state index contributed by atoms with van der Waals surface area (Å²) in [6.45, 7) is 4.08. The zero-order valence-corrected chi connectivity index (χ0v) is 14.4. The fourth-order valence-corrected chi connectivity index (χ4v) is 3.13. The molecule has 1 amide bonds. The third-order valence-electron chi connectivity index (χ3n) is 4.22. The first-order chi connectivity index (χ1) is 11.4. The van der Waals surface area contributed by atoms with Crippen LogP contribution in [0.1, 0.15) is 35.2 Å². The molecule has 4 nitrogen and oxygen atoms in total. The molecule has 0 aliphatic carbocycles. The predicted molar refractivity (Wildman–Crippen MR) is 96.2 cm³/mol. The first-order valence-corrected chi connectivity index (χ1v) is 8.30. The van der Waals surface area contributed by atoms with E-state index in [2.05, 4.69) is 16.4 Å². The summed E-state index contributed by atoms with van der Waals surface area (Å²) in [6, 6.07) is 9.54. The highest BCUT2D eigenvalue weighted by Gasteiger charge is 2.21. The normalized spacial score (nSPS) is 17.9. The molecule has 1 aromatic carbocycles. The van der Waals surface area contributed by atoms with Gasteiger partial charge in [-0.1, -0.05) is 41.4 Å². The number of nitrogens with one attached hydrogen (secondary N) is 2. The Balaban J connectivity index is 2.13. The van der Waals surface area contributed by atoms with Crippen LogP contribution in [0.5, 0.6) is 0 Å². The van der Waals surface area contributed by atoms with Crippen molar-refractivity contribution in [2.45, 2.75) is 32.7 Å². The molecule has 24 heavy (non-hydrogen) atoms. The van der Waals surface area contributed by atoms with Gasteiger partial charge in [0.1, 0.15) is 5.02 Å². The molecule has 1 aliphatic heterocycles. The van der Waals surface area contributed by atoms with Crippen LogP contribution in [-0.4, -0.2) is 16.9 Å². The van der Waals surface area contributed by atoms with Crippen molar-refractivity contribution in [1.29, 1.82) is 0 Å². The number of carbonyl (C=O) groups is 1. The Bertz CT molecular complexity index is 883. The molecule has 0 radical (unpaired) electrons. The fourth-order valence-electron chi connectivity index (χ4n) is 3.02. The van der Waals surface area contributed by atoms with Crippen LogP contribution in [0.3, 0.4) is 0 Å². The lowest BCUT2D eigenvalue weighted by atomic mass is 9.94. The van der Waals surface area contributed by atoms with E-state index in [9.17, 15) is 9.59 Å². The van der Waals surface area contributed by atoms with E-state index in [0.29, 0.717) is 12.1 Å². The van der Waals surface area contributed by atoms with Crippen molar-refractivity contribution in [3.05, 3.63) is 74.2 Å². The van der Waals surface area contributed by atoms with Gasteiger partial charge in [-0.05, 0) is 43.5 Å². The van der Waals surface area contributed by atoms with Gasteiger partial charge in [0.25, 0.3) is 5.56 Å². The van der Waals surface area contributed by atoms with Crippen LogP contribution >= 0.6 is 11.6 Å². The molecule has 124 valence electrons. The minimum atomic E-state index is -0.319. The number of hydrogen-bond donors (Lipinski definition) is 2. The third-order valence-corrected chi connectivity index (χ3v) is 4.52. The lowest BCUT2D eigenvalue weighted by Crippen LogP contribution is -2.23. The minimum absolute atomic E-state index is 0.0348. The predicted octanol–water partition coefficient (Wildman–Crippen LogP) is 3.36. The van der Waals surface area contributed by atoms with Crippen LogP contribution in [0.15, 0.2) is 41.2 Å². The summed E-state index contributed by atoms with van der Waals surface area (Å²) in [5, 5.41) is 3.11. The zero-order valence-electron chi connectivity index (χ0n) is 13.7. The highest BCUT2D eigenvalue weighted by atomic mass is 35.5. The Hall–Kier alpha value is -2.33. The van der Waals surface area contributed by atoms with Crippen molar-refractivity contribution < 1.29 is 4.79 Å². The first kappa shape index (κ1) is 16.5. The number of halogens is 1. The number of benzene rings is 1. The van der Waals surface area contributed by atoms with Gasteiger partial charge >= 0.3 is 0 Å². The molecule has 0 spiro atoms. The maximum absolute atomic E-state index is 11.9. The van der Waals surface area contributed by atoms with Crippen molar-refractivity contribution >= 4 is 23.1 Å². The Labute approximate surface area is 145 Å². The number of hydrogen-bond acceptors (Lipinski definition) is 2. The molecule has 3 rings (SSSR count). The van der Waals surface area contributed by atoms with Gasteiger partial charge in [0.15, 0.2) is 0 Å². The smallest absolute Gasteiger partial charge is 0.267 e. The van der Waals surface area contributed by atoms with Crippen molar-refractivity contribution in [3.8, 4) is 0 Å². The van der Waals surface area contributed by atoms with E-state index >= 15 is 0 Å². The van der Waals surface area contributed by atoms with Gasteiger partial charge in [-0.3, -0.25) is 9.59 Å². The molecule has 1 aromatic heterocycles. The SMILES string of the molecule is Cc1ccc(/C(=C\[C@H]2CCC(=O)N2)c2ccc(Cl)c(=O)[nH]2)c(C)c1. The van der Waals surface area contributed by atoms with Crippen molar-refractivity contribution in [3.63, 3.8) is 0 Å². The van der Waals surface area contributed by atoms with Gasteiger partial charge in [0.05, 0.1) is 0 Å². The molecular formula is C19H19ClN2O2. The second-order valence-corrected chi connectivity index (χ2v) is 6.57. The minimum Gasteiger partial charge on any atom is -0.350 e. The van der Waals surface area contributed by atoms with Gasteiger partial charge in [-0.15, -0.1) is 0 Å². The van der Waals surface area contributed by atoms with E-state index in [1.54, 1.807) is 12.1 Å². The van der Waals surface area contributed by atoms with Crippen LogP contribution in [0.2, 0.25) is 5.02 Å². The van der Waals surface area contributed by atoms with Crippen molar-refractivity contribution in [2.24, 2.45) is 0 Å². The summed E-state index contributed by atoms with van der Waals surface area (Å²) >= 11 is 5.85. The second-order valence-electron chi connectivity index (χ2n) is 6.16. The van der Waals surface area contributed by atoms with Gasteiger partial charge in [-0.25, -0.2) is 0 Å². The summed E-state index contributed by atoms with van der Waals surface area (Å²) < 4.78 is 0. The molecule has 2 heterocycles. The number of amides is 1. The maximum Gasteiger partial charge on any atom is 0.267 e. The molecule has 1 saturated heterocycles. The molecule has 0 bridgehead atoms. The number of rotatable bonds is 3. The largest absolute Gasteiger partial charge is 0.350 e.